The second kappa shape index (κ2) is 10.1. The van der Waals surface area contributed by atoms with E-state index in [4.69, 9.17) is 14.7 Å². The molecule has 172 valence electrons. The Bertz CT molecular complexity index is 1060. The molecule has 0 aliphatic heterocycles. The minimum absolute atomic E-state index is 0.0103. The summed E-state index contributed by atoms with van der Waals surface area (Å²) in [4.78, 5) is 26.6. The van der Waals surface area contributed by atoms with Crippen molar-refractivity contribution in [2.75, 3.05) is 13.2 Å². The smallest absolute Gasteiger partial charge is 0.223 e. The summed E-state index contributed by atoms with van der Waals surface area (Å²) in [7, 11) is 0. The molecule has 1 aromatic carbocycles. The maximum Gasteiger partial charge on any atom is 0.223 e. The highest BCUT2D eigenvalue weighted by molar-refractivity contribution is 5.78. The number of aryl methyl sites for hydroxylation is 2. The second-order valence-corrected chi connectivity index (χ2v) is 9.12. The quantitative estimate of drug-likeness (QED) is 0.400. The zero-order valence-corrected chi connectivity index (χ0v) is 18.9. The molecule has 1 atom stereocenters. The average molecular weight is 446 g/mol. The van der Waals surface area contributed by atoms with Gasteiger partial charge in [-0.1, -0.05) is 30.3 Å². The van der Waals surface area contributed by atoms with Gasteiger partial charge < -0.3 is 14.6 Å². The van der Waals surface area contributed by atoms with Gasteiger partial charge >= 0.3 is 0 Å². The van der Waals surface area contributed by atoms with Gasteiger partial charge in [-0.2, -0.15) is 4.98 Å². The number of carbonyl (C=O) groups excluding carboxylic acids is 1. The number of fused-ring (bicyclic) bond motifs is 1. The average Bonchev–Trinajstić information content (AvgIpc) is 3.58. The van der Waals surface area contributed by atoms with Crippen molar-refractivity contribution in [3.63, 3.8) is 0 Å². The largest absolute Gasteiger partial charge is 0.477 e. The van der Waals surface area contributed by atoms with Gasteiger partial charge in [0.05, 0.1) is 18.6 Å². The molecule has 2 heterocycles. The summed E-state index contributed by atoms with van der Waals surface area (Å²) in [6.45, 7) is 2.25. The number of nitrogens with zero attached hydrogens (tertiary/aromatic N) is 4. The first-order chi connectivity index (χ1) is 16.3. The van der Waals surface area contributed by atoms with Gasteiger partial charge in [-0.3, -0.25) is 4.79 Å². The highest BCUT2D eigenvalue weighted by Gasteiger charge is 2.28. The Morgan fingerprint density at radius 3 is 2.73 bits per heavy atom. The second-order valence-electron chi connectivity index (χ2n) is 9.12. The van der Waals surface area contributed by atoms with Crippen LogP contribution in [0.5, 0.6) is 5.88 Å². The van der Waals surface area contributed by atoms with Crippen LogP contribution in [0.2, 0.25) is 0 Å². The molecule has 1 fully saturated rings. The third-order valence-corrected chi connectivity index (χ3v) is 6.53. The summed E-state index contributed by atoms with van der Waals surface area (Å²) in [6, 6.07) is 10.1. The number of imidazole rings is 1. The van der Waals surface area contributed by atoms with Crippen LogP contribution in [0.1, 0.15) is 43.4 Å². The molecule has 7 nitrogen and oxygen atoms in total. The fraction of sp³-hybridized carbons (Fsp3) is 0.462. The molecule has 1 N–H and O–H groups in total. The van der Waals surface area contributed by atoms with Crippen molar-refractivity contribution in [2.45, 2.75) is 51.5 Å². The van der Waals surface area contributed by atoms with E-state index < -0.39 is 0 Å². The summed E-state index contributed by atoms with van der Waals surface area (Å²) in [5.74, 6) is 2.21. The number of carbonyl (C=O) groups is 1. The number of nitrogens with one attached hydrogen (secondary N) is 1. The first kappa shape index (κ1) is 21.6. The van der Waals surface area contributed by atoms with Crippen molar-refractivity contribution in [3.8, 4) is 17.3 Å². The Morgan fingerprint density at radius 1 is 1.09 bits per heavy atom. The van der Waals surface area contributed by atoms with Gasteiger partial charge in [0.25, 0.3) is 0 Å². The lowest BCUT2D eigenvalue weighted by Gasteiger charge is -2.14. The van der Waals surface area contributed by atoms with E-state index in [0.29, 0.717) is 24.2 Å². The van der Waals surface area contributed by atoms with Gasteiger partial charge in [-0.05, 0) is 50.9 Å². The van der Waals surface area contributed by atoms with Crippen molar-refractivity contribution < 1.29 is 9.53 Å². The third kappa shape index (κ3) is 5.59. The van der Waals surface area contributed by atoms with Gasteiger partial charge in [0.15, 0.2) is 5.82 Å². The van der Waals surface area contributed by atoms with Crippen LogP contribution in [0, 0.1) is 11.8 Å². The van der Waals surface area contributed by atoms with E-state index in [9.17, 15) is 4.79 Å². The molecular weight excluding hydrogens is 414 g/mol. The minimum Gasteiger partial charge on any atom is -0.477 e. The SMILES string of the molecule is O=C(NCCCn1ccnc1)C1CCc2nc(-c3ccccc3)nc(OCC3CC3)c2CC1. The highest BCUT2D eigenvalue weighted by Crippen LogP contribution is 2.34. The maximum absolute atomic E-state index is 12.9. The standard InChI is InChI=1S/C26H31N5O2/c32-25(28-13-4-15-31-16-14-27-18-31)21-9-11-22-23(12-10-21)29-24(20-5-2-1-3-6-20)30-26(22)33-17-19-7-8-19/h1-3,5-6,14,16,18-19,21H,4,7-13,15,17H2,(H,28,32). The Kier molecular flexibility index (Phi) is 6.65. The van der Waals surface area contributed by atoms with Crippen LogP contribution < -0.4 is 10.1 Å². The van der Waals surface area contributed by atoms with Gasteiger partial charge in [0, 0.05) is 42.5 Å². The van der Waals surface area contributed by atoms with Crippen molar-refractivity contribution in [1.82, 2.24) is 24.8 Å². The van der Waals surface area contributed by atoms with E-state index in [2.05, 4.69) is 10.3 Å². The van der Waals surface area contributed by atoms with Crippen LogP contribution in [0.25, 0.3) is 11.4 Å². The van der Waals surface area contributed by atoms with Crippen LogP contribution in [-0.4, -0.2) is 38.6 Å². The van der Waals surface area contributed by atoms with E-state index in [1.807, 2.05) is 41.1 Å². The van der Waals surface area contributed by atoms with Crippen molar-refractivity contribution in [1.29, 1.82) is 0 Å². The summed E-state index contributed by atoms with van der Waals surface area (Å²) in [5, 5.41) is 3.13. The molecule has 5 rings (SSSR count). The molecule has 3 aromatic rings. The molecule has 0 spiro atoms. The lowest BCUT2D eigenvalue weighted by Crippen LogP contribution is -2.32. The number of amides is 1. The Balaban J connectivity index is 1.25. The fourth-order valence-electron chi connectivity index (χ4n) is 4.36. The van der Waals surface area contributed by atoms with Crippen LogP contribution >= 0.6 is 0 Å². The van der Waals surface area contributed by atoms with Crippen LogP contribution in [0.15, 0.2) is 49.1 Å². The summed E-state index contributed by atoms with van der Waals surface area (Å²) in [5.41, 5.74) is 3.11. The van der Waals surface area contributed by atoms with Crippen LogP contribution in [0.3, 0.4) is 0 Å². The molecule has 7 heteroatoms. The van der Waals surface area contributed by atoms with E-state index in [1.165, 1.54) is 12.8 Å². The van der Waals surface area contributed by atoms with E-state index in [1.54, 1.807) is 12.5 Å². The number of aromatic nitrogens is 4. The Labute approximate surface area is 194 Å². The first-order valence-electron chi connectivity index (χ1n) is 12.1. The molecule has 1 unspecified atom stereocenters. The van der Waals surface area contributed by atoms with Crippen molar-refractivity contribution >= 4 is 5.91 Å². The molecule has 33 heavy (non-hydrogen) atoms. The van der Waals surface area contributed by atoms with Gasteiger partial charge in [0.2, 0.25) is 11.8 Å². The Morgan fingerprint density at radius 2 is 1.94 bits per heavy atom. The van der Waals surface area contributed by atoms with Crippen molar-refractivity contribution in [2.24, 2.45) is 11.8 Å². The number of hydrogen-bond acceptors (Lipinski definition) is 5. The molecule has 2 aliphatic rings. The number of hydrogen-bond donors (Lipinski definition) is 1. The van der Waals surface area contributed by atoms with E-state index in [-0.39, 0.29) is 11.8 Å². The molecule has 1 amide bonds. The molecule has 0 bridgehead atoms. The summed E-state index contributed by atoms with van der Waals surface area (Å²) < 4.78 is 8.23. The monoisotopic (exact) mass is 445 g/mol. The summed E-state index contributed by atoms with van der Waals surface area (Å²) >= 11 is 0. The summed E-state index contributed by atoms with van der Waals surface area (Å²) in [6.07, 6.45) is 12.0. The maximum atomic E-state index is 12.9. The molecule has 0 saturated heterocycles. The fourth-order valence-corrected chi connectivity index (χ4v) is 4.36. The topological polar surface area (TPSA) is 81.9 Å². The molecule has 0 radical (unpaired) electrons. The first-order valence-corrected chi connectivity index (χ1v) is 12.1. The van der Waals surface area contributed by atoms with Gasteiger partial charge in [-0.15, -0.1) is 0 Å². The molecule has 2 aromatic heterocycles. The minimum atomic E-state index is -0.0103. The Hall–Kier alpha value is -3.22. The molecule has 2 aliphatic carbocycles. The normalized spacial score (nSPS) is 17.8. The lowest BCUT2D eigenvalue weighted by molar-refractivity contribution is -0.125. The van der Waals surface area contributed by atoms with Gasteiger partial charge in [0.1, 0.15) is 0 Å². The highest BCUT2D eigenvalue weighted by atomic mass is 16.5. The van der Waals surface area contributed by atoms with Crippen molar-refractivity contribution in [3.05, 3.63) is 60.3 Å². The van der Waals surface area contributed by atoms with Gasteiger partial charge in [-0.25, -0.2) is 9.97 Å². The van der Waals surface area contributed by atoms with Crippen LogP contribution in [0.4, 0.5) is 0 Å². The lowest BCUT2D eigenvalue weighted by atomic mass is 9.99. The predicted octanol–water partition coefficient (Wildman–Crippen LogP) is 3.83. The number of rotatable bonds is 9. The molecular formula is C26H31N5O2. The molecule has 1 saturated carbocycles. The number of benzene rings is 1. The third-order valence-electron chi connectivity index (χ3n) is 6.53. The zero-order valence-electron chi connectivity index (χ0n) is 18.9. The predicted molar refractivity (Wildman–Crippen MR) is 126 cm³/mol. The van der Waals surface area contributed by atoms with E-state index >= 15 is 0 Å². The van der Waals surface area contributed by atoms with Crippen LogP contribution in [-0.2, 0) is 24.2 Å². The zero-order chi connectivity index (χ0) is 22.5. The van der Waals surface area contributed by atoms with E-state index in [0.717, 1.165) is 62.1 Å². The number of ether oxygens (including phenoxy) is 1.